The van der Waals surface area contributed by atoms with Gasteiger partial charge < -0.3 is 14.8 Å². The van der Waals surface area contributed by atoms with Gasteiger partial charge in [0.05, 0.1) is 24.5 Å². The maximum Gasteiger partial charge on any atom is 0.487 e. The van der Waals surface area contributed by atoms with Gasteiger partial charge in [-0.2, -0.15) is 0 Å². The highest BCUT2D eigenvalue weighted by Gasteiger charge is 2.57. The Balaban J connectivity index is 1.52. The average molecular weight is 530 g/mol. The Morgan fingerprint density at radius 3 is 2.79 bits per heavy atom. The van der Waals surface area contributed by atoms with Crippen molar-refractivity contribution in [2.24, 2.45) is 17.8 Å². The van der Waals surface area contributed by atoms with Gasteiger partial charge in [0.15, 0.2) is 0 Å². The molecular formula is C24H25BBrNO5S. The van der Waals surface area contributed by atoms with E-state index in [1.807, 2.05) is 17.5 Å². The molecule has 2 amide bonds. The number of imide groups is 1. The number of carbonyl (C=O) groups excluding carboxylic acids is 2. The fraction of sp³-hybridized carbons (Fsp3) is 0.417. The van der Waals surface area contributed by atoms with Crippen molar-refractivity contribution in [1.29, 1.82) is 0 Å². The molecular weight excluding hydrogens is 505 g/mol. The quantitative estimate of drug-likeness (QED) is 0.436. The SMILES string of the molecule is CCCC1=C2B(O)O[C@H](c3cc(Br)ccc3O)C[C@H]2[C@H]2C(=O)N(Cc3cccs3)C(=O)[C@H]2C1. The predicted octanol–water partition coefficient (Wildman–Crippen LogP) is 4.62. The minimum Gasteiger partial charge on any atom is -0.508 e. The lowest BCUT2D eigenvalue weighted by molar-refractivity contribution is -0.140. The van der Waals surface area contributed by atoms with Crippen molar-refractivity contribution in [3.8, 4) is 5.75 Å². The number of halogens is 1. The van der Waals surface area contributed by atoms with Gasteiger partial charge in [-0.3, -0.25) is 14.5 Å². The van der Waals surface area contributed by atoms with Crippen LogP contribution >= 0.6 is 27.3 Å². The standard InChI is InChI=1S/C24H25BBrNO5S/c1-2-4-13-9-18-21(24(30)27(23(18)29)12-15-5-3-8-33-15)17-11-20(32-25(31)22(13)17)16-10-14(26)6-7-19(16)28/h3,5-8,10,17-18,20-21,28,31H,2,4,9,11-12H2,1H3/t17-,18-,20-,21+/m0/s1. The first-order valence-corrected chi connectivity index (χ1v) is 13.0. The molecule has 2 aliphatic heterocycles. The van der Waals surface area contributed by atoms with E-state index < -0.39 is 25.1 Å². The molecule has 2 fully saturated rings. The number of hydrogen-bond acceptors (Lipinski definition) is 6. The van der Waals surface area contributed by atoms with Crippen molar-refractivity contribution in [3.63, 3.8) is 0 Å². The first-order valence-electron chi connectivity index (χ1n) is 11.3. The molecule has 1 aromatic heterocycles. The highest BCUT2D eigenvalue weighted by Crippen LogP contribution is 2.53. The maximum atomic E-state index is 13.6. The Kier molecular flexibility index (Phi) is 6.24. The number of amides is 2. The number of benzene rings is 1. The molecule has 1 aromatic carbocycles. The molecule has 3 aliphatic rings. The topological polar surface area (TPSA) is 87.1 Å². The first kappa shape index (κ1) is 22.8. The molecule has 2 N–H and O–H groups in total. The molecule has 2 saturated heterocycles. The predicted molar refractivity (Wildman–Crippen MR) is 129 cm³/mol. The van der Waals surface area contributed by atoms with Crippen molar-refractivity contribution < 1.29 is 24.4 Å². The Hall–Kier alpha value is -1.94. The van der Waals surface area contributed by atoms with Crippen molar-refractivity contribution in [2.75, 3.05) is 0 Å². The van der Waals surface area contributed by atoms with Crippen LogP contribution in [0, 0.1) is 17.8 Å². The van der Waals surface area contributed by atoms with E-state index in [1.165, 1.54) is 16.2 Å². The average Bonchev–Trinajstić information content (AvgIpc) is 3.38. The zero-order valence-corrected chi connectivity index (χ0v) is 20.6. The summed E-state index contributed by atoms with van der Waals surface area (Å²) in [7, 11) is -1.16. The zero-order valence-electron chi connectivity index (χ0n) is 18.2. The summed E-state index contributed by atoms with van der Waals surface area (Å²) in [6, 6.07) is 8.95. The van der Waals surface area contributed by atoms with Crippen LogP contribution in [-0.4, -0.2) is 34.0 Å². The van der Waals surface area contributed by atoms with Crippen LogP contribution in [0.1, 0.15) is 49.2 Å². The van der Waals surface area contributed by atoms with E-state index in [1.54, 1.807) is 18.2 Å². The Morgan fingerprint density at radius 2 is 2.06 bits per heavy atom. The summed E-state index contributed by atoms with van der Waals surface area (Å²) in [5, 5.41) is 23.4. The van der Waals surface area contributed by atoms with Crippen LogP contribution in [-0.2, 0) is 20.8 Å². The molecule has 5 rings (SSSR count). The zero-order chi connectivity index (χ0) is 23.3. The normalized spacial score (nSPS) is 27.2. The van der Waals surface area contributed by atoms with E-state index >= 15 is 0 Å². The summed E-state index contributed by atoms with van der Waals surface area (Å²) in [6.45, 7) is 2.36. The van der Waals surface area contributed by atoms with Crippen LogP contribution in [0.3, 0.4) is 0 Å². The molecule has 0 spiro atoms. The van der Waals surface area contributed by atoms with Crippen LogP contribution < -0.4 is 0 Å². The number of nitrogens with zero attached hydrogens (tertiary/aromatic N) is 1. The number of aromatic hydroxyl groups is 1. The highest BCUT2D eigenvalue weighted by molar-refractivity contribution is 9.10. The second kappa shape index (κ2) is 9.02. The smallest absolute Gasteiger partial charge is 0.487 e. The number of rotatable bonds is 5. The van der Waals surface area contributed by atoms with Gasteiger partial charge in [0.1, 0.15) is 5.75 Å². The van der Waals surface area contributed by atoms with E-state index in [9.17, 15) is 19.7 Å². The molecule has 9 heteroatoms. The van der Waals surface area contributed by atoms with Crippen LogP contribution in [0.15, 0.2) is 51.2 Å². The summed E-state index contributed by atoms with van der Waals surface area (Å²) in [4.78, 5) is 29.3. The lowest BCUT2D eigenvalue weighted by atomic mass is 9.54. The van der Waals surface area contributed by atoms with Gasteiger partial charge in [-0.25, -0.2) is 0 Å². The van der Waals surface area contributed by atoms with Gasteiger partial charge in [0.2, 0.25) is 11.8 Å². The summed E-state index contributed by atoms with van der Waals surface area (Å²) in [5.41, 5.74) is 2.36. The molecule has 0 saturated carbocycles. The van der Waals surface area contributed by atoms with E-state index in [0.717, 1.165) is 33.2 Å². The minimum atomic E-state index is -1.16. The summed E-state index contributed by atoms with van der Waals surface area (Å²) >= 11 is 4.96. The molecule has 4 atom stereocenters. The number of likely N-dealkylation sites (tertiary alicyclic amines) is 1. The van der Waals surface area contributed by atoms with Gasteiger partial charge in [-0.1, -0.05) is 40.9 Å². The number of fused-ring (bicyclic) bond motifs is 3. The Bertz CT molecular complexity index is 1120. The molecule has 0 radical (unpaired) electrons. The summed E-state index contributed by atoms with van der Waals surface area (Å²) < 4.78 is 6.77. The Morgan fingerprint density at radius 1 is 1.24 bits per heavy atom. The molecule has 6 nitrogen and oxygen atoms in total. The second-order valence-corrected chi connectivity index (χ2v) is 11.0. The third kappa shape index (κ3) is 3.99. The van der Waals surface area contributed by atoms with Gasteiger partial charge >= 0.3 is 7.12 Å². The molecule has 0 bridgehead atoms. The molecule has 33 heavy (non-hydrogen) atoms. The first-order chi connectivity index (χ1) is 15.9. The van der Waals surface area contributed by atoms with Crippen LogP contribution in [0.4, 0.5) is 0 Å². The monoisotopic (exact) mass is 529 g/mol. The fourth-order valence-electron chi connectivity index (χ4n) is 5.71. The number of phenolic OH excluding ortho intramolecular Hbond substituents is 1. The van der Waals surface area contributed by atoms with Gasteiger partial charge in [0.25, 0.3) is 0 Å². The third-order valence-electron chi connectivity index (χ3n) is 7.08. The van der Waals surface area contributed by atoms with E-state index in [-0.39, 0.29) is 23.5 Å². The van der Waals surface area contributed by atoms with Gasteiger partial charge in [-0.05, 0) is 60.3 Å². The lowest BCUT2D eigenvalue weighted by Gasteiger charge is -2.42. The highest BCUT2D eigenvalue weighted by atomic mass is 79.9. The molecule has 2 aromatic rings. The third-order valence-corrected chi connectivity index (χ3v) is 8.44. The number of thiophene rings is 1. The summed E-state index contributed by atoms with van der Waals surface area (Å²) in [5.74, 6) is -1.42. The van der Waals surface area contributed by atoms with Gasteiger partial charge in [0, 0.05) is 14.9 Å². The Labute approximate surface area is 205 Å². The van der Waals surface area contributed by atoms with E-state index in [0.29, 0.717) is 24.9 Å². The molecule has 3 heterocycles. The molecule has 1 aliphatic carbocycles. The van der Waals surface area contributed by atoms with Crippen molar-refractivity contribution >= 4 is 46.2 Å². The second-order valence-electron chi connectivity index (χ2n) is 9.01. The minimum absolute atomic E-state index is 0.0807. The van der Waals surface area contributed by atoms with Crippen molar-refractivity contribution in [2.45, 2.75) is 45.3 Å². The number of phenols is 1. The lowest BCUT2D eigenvalue weighted by Crippen LogP contribution is -2.44. The van der Waals surface area contributed by atoms with Crippen LogP contribution in [0.5, 0.6) is 5.75 Å². The number of hydrogen-bond donors (Lipinski definition) is 2. The van der Waals surface area contributed by atoms with Crippen LogP contribution in [0.25, 0.3) is 0 Å². The van der Waals surface area contributed by atoms with E-state index in [4.69, 9.17) is 4.65 Å². The molecule has 172 valence electrons. The molecule has 0 unspecified atom stereocenters. The summed E-state index contributed by atoms with van der Waals surface area (Å²) in [6.07, 6.45) is 1.98. The largest absolute Gasteiger partial charge is 0.508 e. The maximum absolute atomic E-state index is 13.6. The number of allylic oxidation sites excluding steroid dienone is 2. The number of carbonyl (C=O) groups is 2. The van der Waals surface area contributed by atoms with Crippen molar-refractivity contribution in [1.82, 2.24) is 4.90 Å². The van der Waals surface area contributed by atoms with E-state index in [2.05, 4.69) is 22.9 Å². The van der Waals surface area contributed by atoms with Crippen LogP contribution in [0.2, 0.25) is 0 Å². The van der Waals surface area contributed by atoms with Gasteiger partial charge in [-0.15, -0.1) is 11.3 Å². The fourth-order valence-corrected chi connectivity index (χ4v) is 6.78. The van der Waals surface area contributed by atoms with Crippen molar-refractivity contribution in [3.05, 3.63) is 61.7 Å².